The Kier molecular flexibility index (Phi) is 15.2. The molecular weight excluding hydrogens is 724 g/mol. The number of hydrogen-bond acceptors (Lipinski definition) is 7. The van der Waals surface area contributed by atoms with Crippen LogP contribution >= 0.6 is 31.9 Å². The lowest BCUT2D eigenvalue weighted by Gasteiger charge is -2.27. The van der Waals surface area contributed by atoms with Gasteiger partial charge in [0, 0.05) is 51.8 Å². The third-order valence-corrected chi connectivity index (χ3v) is 10.4. The Morgan fingerprint density at radius 3 is 1.53 bits per heavy atom. The zero-order valence-corrected chi connectivity index (χ0v) is 32.0. The summed E-state index contributed by atoms with van der Waals surface area (Å²) in [6.45, 7) is 17.1. The van der Waals surface area contributed by atoms with Crippen molar-refractivity contribution in [3.63, 3.8) is 0 Å². The maximum absolute atomic E-state index is 12.2. The molecule has 0 radical (unpaired) electrons. The SMILES string of the molecule is CC(C)N.Cc1cc(N2C(=O)CC[C@@H]2CNC(C)C)cc(C)c1Br.Cc1cc(N2C(=O)CC[C@@H]2COS(C)(=O)=O)cc(C)c1Br. The Morgan fingerprint density at radius 2 is 1.18 bits per heavy atom. The molecule has 2 saturated heterocycles. The number of amides is 2. The van der Waals surface area contributed by atoms with Crippen LogP contribution in [-0.4, -0.2) is 63.8 Å². The van der Waals surface area contributed by atoms with Crippen LogP contribution in [-0.2, 0) is 23.9 Å². The number of carbonyl (C=O) groups excluding carboxylic acids is 2. The van der Waals surface area contributed by atoms with Crippen LogP contribution in [0.15, 0.2) is 33.2 Å². The summed E-state index contributed by atoms with van der Waals surface area (Å²) in [6.07, 6.45) is 3.61. The van der Waals surface area contributed by atoms with Crippen LogP contribution in [0.3, 0.4) is 0 Å². The molecule has 12 heteroatoms. The van der Waals surface area contributed by atoms with Crippen molar-refractivity contribution in [2.24, 2.45) is 5.73 Å². The molecule has 2 amide bonds. The van der Waals surface area contributed by atoms with Gasteiger partial charge in [-0.15, -0.1) is 0 Å². The molecule has 2 aliphatic heterocycles. The van der Waals surface area contributed by atoms with E-state index in [1.807, 2.05) is 44.7 Å². The first kappa shape index (κ1) is 39.3. The molecule has 9 nitrogen and oxygen atoms in total. The van der Waals surface area contributed by atoms with Gasteiger partial charge in [-0.1, -0.05) is 59.6 Å². The van der Waals surface area contributed by atoms with Gasteiger partial charge in [-0.2, -0.15) is 8.42 Å². The van der Waals surface area contributed by atoms with Crippen LogP contribution in [0.4, 0.5) is 11.4 Å². The van der Waals surface area contributed by atoms with E-state index in [9.17, 15) is 18.0 Å². The fraction of sp³-hybridized carbons (Fsp3) is 0.576. The van der Waals surface area contributed by atoms with Gasteiger partial charge in [0.25, 0.3) is 10.1 Å². The first-order chi connectivity index (χ1) is 20.8. The lowest BCUT2D eigenvalue weighted by Crippen LogP contribution is -2.42. The molecule has 252 valence electrons. The van der Waals surface area contributed by atoms with E-state index < -0.39 is 10.1 Å². The molecule has 0 bridgehead atoms. The Balaban J connectivity index is 0.000000281. The summed E-state index contributed by atoms with van der Waals surface area (Å²) in [6, 6.07) is 8.85. The average molecular weight is 775 g/mol. The standard InChI is InChI=1S/C16H23BrN2O.C14H18BrNO4S.C3H9N/c1-10(2)18-9-13-5-6-15(20)19(13)14-7-11(3)16(17)12(4)8-14;1-9-6-12(7-10(2)14(9)15)16-11(4-5-13(16)17)8-20-21(3,18)19;1-3(2)4/h7-8,10,13,18H,5-6,9H2,1-4H3;6-7,11H,4-5,8H2,1-3H3;3H,4H2,1-2H3/t13-;11-;/m11./s1. The van der Waals surface area contributed by atoms with Gasteiger partial charge in [0.15, 0.2) is 0 Å². The van der Waals surface area contributed by atoms with Crippen LogP contribution in [0.5, 0.6) is 0 Å². The quantitative estimate of drug-likeness (QED) is 0.296. The number of benzene rings is 2. The molecule has 2 atom stereocenters. The van der Waals surface area contributed by atoms with Crippen molar-refractivity contribution < 1.29 is 22.2 Å². The van der Waals surface area contributed by atoms with Crippen LogP contribution < -0.4 is 20.9 Å². The minimum absolute atomic E-state index is 0.00126. The molecule has 2 aromatic rings. The normalized spacial score (nSPS) is 18.4. The van der Waals surface area contributed by atoms with E-state index in [2.05, 4.69) is 77.0 Å². The number of nitrogens with two attached hydrogens (primary N) is 1. The van der Waals surface area contributed by atoms with Crippen LogP contribution in [0.1, 0.15) is 75.6 Å². The van der Waals surface area contributed by atoms with E-state index in [-0.39, 0.29) is 30.5 Å². The molecule has 3 N–H and O–H groups in total. The zero-order valence-electron chi connectivity index (χ0n) is 28.0. The van der Waals surface area contributed by atoms with Gasteiger partial charge in [0.2, 0.25) is 11.8 Å². The van der Waals surface area contributed by atoms with Crippen molar-refractivity contribution in [2.75, 3.05) is 29.2 Å². The fourth-order valence-corrected chi connectivity index (χ4v) is 6.11. The molecule has 0 aromatic heterocycles. The third-order valence-electron chi connectivity index (χ3n) is 7.29. The summed E-state index contributed by atoms with van der Waals surface area (Å²) < 4.78 is 29.3. The van der Waals surface area contributed by atoms with Gasteiger partial charge in [-0.05, 0) is 93.1 Å². The van der Waals surface area contributed by atoms with Crippen molar-refractivity contribution in [3.8, 4) is 0 Å². The van der Waals surface area contributed by atoms with Crippen LogP contribution in [0.25, 0.3) is 0 Å². The monoisotopic (exact) mass is 772 g/mol. The van der Waals surface area contributed by atoms with Crippen LogP contribution in [0, 0.1) is 27.7 Å². The summed E-state index contributed by atoms with van der Waals surface area (Å²) in [7, 11) is -3.50. The van der Waals surface area contributed by atoms with Gasteiger partial charge < -0.3 is 20.9 Å². The topological polar surface area (TPSA) is 122 Å². The zero-order chi connectivity index (χ0) is 34.2. The van der Waals surface area contributed by atoms with Crippen molar-refractivity contribution in [2.45, 2.75) is 105 Å². The van der Waals surface area contributed by atoms with Crippen LogP contribution in [0.2, 0.25) is 0 Å². The summed E-state index contributed by atoms with van der Waals surface area (Å²) >= 11 is 7.09. The molecule has 0 saturated carbocycles. The predicted molar refractivity (Wildman–Crippen MR) is 192 cm³/mol. The van der Waals surface area contributed by atoms with E-state index in [1.165, 1.54) is 11.1 Å². The van der Waals surface area contributed by atoms with Gasteiger partial charge in [-0.3, -0.25) is 13.8 Å². The van der Waals surface area contributed by atoms with E-state index in [0.29, 0.717) is 31.3 Å². The molecule has 2 fully saturated rings. The molecular formula is C33H50Br2N4O5S. The molecule has 2 aromatic carbocycles. The third kappa shape index (κ3) is 12.0. The Morgan fingerprint density at radius 1 is 0.822 bits per heavy atom. The number of anilines is 2. The smallest absolute Gasteiger partial charge is 0.264 e. The summed E-state index contributed by atoms with van der Waals surface area (Å²) in [4.78, 5) is 28.0. The van der Waals surface area contributed by atoms with Gasteiger partial charge in [-0.25, -0.2) is 0 Å². The average Bonchev–Trinajstić information content (AvgIpc) is 3.48. The number of nitrogens with zero attached hydrogens (tertiary/aromatic N) is 2. The molecule has 0 spiro atoms. The van der Waals surface area contributed by atoms with E-state index in [0.717, 1.165) is 50.7 Å². The van der Waals surface area contributed by atoms with Crippen molar-refractivity contribution in [1.29, 1.82) is 0 Å². The molecule has 2 aliphatic rings. The Hall–Kier alpha value is -1.83. The second kappa shape index (κ2) is 17.4. The van der Waals surface area contributed by atoms with Gasteiger partial charge in [0.05, 0.1) is 18.9 Å². The highest BCUT2D eigenvalue weighted by Gasteiger charge is 2.34. The number of carbonyl (C=O) groups is 2. The Labute approximate surface area is 287 Å². The highest BCUT2D eigenvalue weighted by atomic mass is 79.9. The molecule has 0 unspecified atom stereocenters. The summed E-state index contributed by atoms with van der Waals surface area (Å²) in [5, 5.41) is 3.45. The fourth-order valence-electron chi connectivity index (χ4n) is 5.25. The lowest BCUT2D eigenvalue weighted by atomic mass is 10.1. The van der Waals surface area contributed by atoms with Crippen molar-refractivity contribution in [1.82, 2.24) is 5.32 Å². The largest absolute Gasteiger partial charge is 0.328 e. The first-order valence-corrected chi connectivity index (χ1v) is 18.7. The second-order valence-electron chi connectivity index (χ2n) is 12.5. The number of hydrogen-bond donors (Lipinski definition) is 2. The molecule has 0 aliphatic carbocycles. The molecule has 45 heavy (non-hydrogen) atoms. The van der Waals surface area contributed by atoms with Gasteiger partial charge in [0.1, 0.15) is 0 Å². The highest BCUT2D eigenvalue weighted by molar-refractivity contribution is 9.10. The minimum atomic E-state index is -3.50. The lowest BCUT2D eigenvalue weighted by molar-refractivity contribution is -0.118. The Bertz CT molecular complexity index is 1400. The number of rotatable bonds is 8. The minimum Gasteiger partial charge on any atom is -0.328 e. The molecule has 2 heterocycles. The van der Waals surface area contributed by atoms with Crippen molar-refractivity contribution in [3.05, 3.63) is 55.5 Å². The predicted octanol–water partition coefficient (Wildman–Crippen LogP) is 6.45. The maximum Gasteiger partial charge on any atom is 0.264 e. The summed E-state index contributed by atoms with van der Waals surface area (Å²) in [5.74, 6) is 0.236. The van der Waals surface area contributed by atoms with Gasteiger partial charge >= 0.3 is 0 Å². The van der Waals surface area contributed by atoms with E-state index >= 15 is 0 Å². The summed E-state index contributed by atoms with van der Waals surface area (Å²) in [5.41, 5.74) is 11.4. The van der Waals surface area contributed by atoms with E-state index in [4.69, 9.17) is 9.92 Å². The number of nitrogens with one attached hydrogen (secondary N) is 1. The van der Waals surface area contributed by atoms with Crippen molar-refractivity contribution >= 4 is 65.2 Å². The molecule has 4 rings (SSSR count). The number of halogens is 2. The highest BCUT2D eigenvalue weighted by Crippen LogP contribution is 2.33. The number of aryl methyl sites for hydroxylation is 4. The first-order valence-electron chi connectivity index (χ1n) is 15.3. The van der Waals surface area contributed by atoms with E-state index in [1.54, 1.807) is 4.90 Å². The second-order valence-corrected chi connectivity index (χ2v) is 15.7. The maximum atomic E-state index is 12.2.